The molecule has 0 radical (unpaired) electrons. The standard InChI is InChI=1S/C22H17F2N3O3S/c23-15-6-5-12-14(19(15)24)11-31-18-4-2-1-3-13(18)20(12)26-9-7-16(25-30)21-22(29)17(28)8-10-27(21)26/h1-6,8,10,20,29-30H,7,9,11H2/t20-/m1/s1. The second-order valence-electron chi connectivity index (χ2n) is 7.34. The van der Waals surface area contributed by atoms with Gasteiger partial charge in [0, 0.05) is 41.4 Å². The maximum Gasteiger partial charge on any atom is 0.224 e. The third-order valence-electron chi connectivity index (χ3n) is 5.71. The Balaban J connectivity index is 1.79. The number of aromatic hydroxyl groups is 1. The summed E-state index contributed by atoms with van der Waals surface area (Å²) in [6, 6.07) is 11.0. The van der Waals surface area contributed by atoms with E-state index in [1.165, 1.54) is 24.0 Å². The number of nitrogens with zero attached hydrogens (tertiary/aromatic N) is 3. The highest BCUT2D eigenvalue weighted by Crippen LogP contribution is 2.43. The quantitative estimate of drug-likeness (QED) is 0.444. The van der Waals surface area contributed by atoms with Crippen molar-refractivity contribution < 1.29 is 19.1 Å². The van der Waals surface area contributed by atoms with E-state index in [0.29, 0.717) is 12.1 Å². The number of fused-ring (bicyclic) bond motifs is 3. The second kappa shape index (κ2) is 7.42. The smallest absolute Gasteiger partial charge is 0.224 e. The predicted octanol–water partition coefficient (Wildman–Crippen LogP) is 3.75. The number of thioether (sulfide) groups is 1. The third-order valence-corrected chi connectivity index (χ3v) is 6.83. The Morgan fingerprint density at radius 1 is 1.10 bits per heavy atom. The first-order valence-electron chi connectivity index (χ1n) is 9.62. The van der Waals surface area contributed by atoms with Crippen LogP contribution in [-0.4, -0.2) is 27.2 Å². The molecule has 0 amide bonds. The van der Waals surface area contributed by atoms with E-state index in [0.717, 1.165) is 16.5 Å². The Morgan fingerprint density at radius 2 is 1.90 bits per heavy atom. The summed E-state index contributed by atoms with van der Waals surface area (Å²) >= 11 is 1.43. The van der Waals surface area contributed by atoms with Gasteiger partial charge in [0.05, 0.1) is 6.04 Å². The lowest BCUT2D eigenvalue weighted by Gasteiger charge is -2.40. The summed E-state index contributed by atoms with van der Waals surface area (Å²) in [5, 5.41) is 25.0. The summed E-state index contributed by atoms with van der Waals surface area (Å²) in [7, 11) is 0. The summed E-state index contributed by atoms with van der Waals surface area (Å²) in [5.74, 6) is -2.03. The zero-order valence-electron chi connectivity index (χ0n) is 16.1. The van der Waals surface area contributed by atoms with Gasteiger partial charge in [-0.15, -0.1) is 11.8 Å². The maximum absolute atomic E-state index is 14.8. The normalized spacial score (nSPS) is 18.8. The molecule has 0 fully saturated rings. The van der Waals surface area contributed by atoms with Gasteiger partial charge in [-0.3, -0.25) is 9.47 Å². The average Bonchev–Trinajstić information content (AvgIpc) is 2.95. The number of halogens is 2. The molecule has 31 heavy (non-hydrogen) atoms. The fourth-order valence-corrected chi connectivity index (χ4v) is 5.40. The van der Waals surface area contributed by atoms with Crippen LogP contribution in [-0.2, 0) is 5.75 Å². The van der Waals surface area contributed by atoms with E-state index in [-0.39, 0.29) is 29.1 Å². The molecule has 0 saturated heterocycles. The summed E-state index contributed by atoms with van der Waals surface area (Å²) in [5.41, 5.74) is 1.43. The van der Waals surface area contributed by atoms with Gasteiger partial charge in [0.25, 0.3) is 0 Å². The third kappa shape index (κ3) is 2.99. The van der Waals surface area contributed by atoms with E-state index < -0.39 is 28.9 Å². The molecule has 158 valence electrons. The number of hydrogen-bond donors (Lipinski definition) is 2. The highest BCUT2D eigenvalue weighted by atomic mass is 32.2. The van der Waals surface area contributed by atoms with Gasteiger partial charge in [-0.05, 0) is 23.3 Å². The van der Waals surface area contributed by atoms with Gasteiger partial charge in [-0.25, -0.2) is 8.78 Å². The largest absolute Gasteiger partial charge is 0.503 e. The molecule has 1 aromatic heterocycles. The summed E-state index contributed by atoms with van der Waals surface area (Å²) in [6.45, 7) is 0.358. The van der Waals surface area contributed by atoms with Crippen molar-refractivity contribution in [3.63, 3.8) is 0 Å². The van der Waals surface area contributed by atoms with E-state index in [2.05, 4.69) is 5.16 Å². The Kier molecular flexibility index (Phi) is 4.70. The molecule has 0 aliphatic carbocycles. The molecular formula is C22H17F2N3O3S. The molecule has 0 spiro atoms. The SMILES string of the molecule is O=c1ccn2c(c1O)C(=NO)CCN2[C@H]1c2ccccc2SCc2c1ccc(F)c2F. The van der Waals surface area contributed by atoms with E-state index in [4.69, 9.17) is 0 Å². The first-order chi connectivity index (χ1) is 15.0. The first-order valence-corrected chi connectivity index (χ1v) is 10.6. The summed E-state index contributed by atoms with van der Waals surface area (Å²) < 4.78 is 30.4. The van der Waals surface area contributed by atoms with Crippen LogP contribution in [0.2, 0.25) is 0 Å². The molecule has 9 heteroatoms. The van der Waals surface area contributed by atoms with Gasteiger partial charge in [-0.1, -0.05) is 29.4 Å². The zero-order valence-corrected chi connectivity index (χ0v) is 16.9. The van der Waals surface area contributed by atoms with Gasteiger partial charge in [0.2, 0.25) is 5.43 Å². The van der Waals surface area contributed by atoms with Crippen LogP contribution in [0.15, 0.2) is 63.5 Å². The van der Waals surface area contributed by atoms with Crippen LogP contribution >= 0.6 is 11.8 Å². The Bertz CT molecular complexity index is 1290. The van der Waals surface area contributed by atoms with Crippen molar-refractivity contribution in [3.05, 3.63) is 92.9 Å². The van der Waals surface area contributed by atoms with Crippen LogP contribution in [0.25, 0.3) is 0 Å². The van der Waals surface area contributed by atoms with Gasteiger partial charge in [0.15, 0.2) is 17.4 Å². The number of hydrogen-bond acceptors (Lipinski definition) is 6. The molecule has 1 atom stereocenters. The minimum Gasteiger partial charge on any atom is -0.503 e. The molecule has 0 bridgehead atoms. The van der Waals surface area contributed by atoms with E-state index >= 15 is 0 Å². The number of oxime groups is 1. The van der Waals surface area contributed by atoms with Crippen molar-refractivity contribution in [2.24, 2.45) is 5.16 Å². The maximum atomic E-state index is 14.8. The van der Waals surface area contributed by atoms with Crippen molar-refractivity contribution in [2.45, 2.75) is 23.1 Å². The molecule has 2 aromatic carbocycles. The van der Waals surface area contributed by atoms with Crippen molar-refractivity contribution in [2.75, 3.05) is 11.6 Å². The highest BCUT2D eigenvalue weighted by molar-refractivity contribution is 7.98. The molecule has 2 aliphatic heterocycles. The molecule has 2 aliphatic rings. The van der Waals surface area contributed by atoms with Crippen LogP contribution < -0.4 is 10.4 Å². The van der Waals surface area contributed by atoms with Crippen molar-refractivity contribution in [1.82, 2.24) is 4.68 Å². The molecule has 5 rings (SSSR count). The van der Waals surface area contributed by atoms with Crippen LogP contribution in [0.4, 0.5) is 8.78 Å². The van der Waals surface area contributed by atoms with Gasteiger partial charge >= 0.3 is 0 Å². The van der Waals surface area contributed by atoms with Crippen molar-refractivity contribution in [3.8, 4) is 5.75 Å². The van der Waals surface area contributed by atoms with Crippen molar-refractivity contribution in [1.29, 1.82) is 0 Å². The van der Waals surface area contributed by atoms with Gasteiger partial charge in [-0.2, -0.15) is 0 Å². The highest BCUT2D eigenvalue weighted by Gasteiger charge is 2.35. The lowest BCUT2D eigenvalue weighted by molar-refractivity contribution is 0.315. The predicted molar refractivity (Wildman–Crippen MR) is 113 cm³/mol. The fourth-order valence-electron chi connectivity index (χ4n) is 4.28. The van der Waals surface area contributed by atoms with Crippen LogP contribution in [0, 0.1) is 11.6 Å². The first kappa shape index (κ1) is 19.6. The van der Waals surface area contributed by atoms with E-state index in [1.807, 2.05) is 29.3 Å². The number of aromatic nitrogens is 1. The summed E-state index contributed by atoms with van der Waals surface area (Å²) in [4.78, 5) is 13.0. The Hall–Kier alpha value is -3.33. The Labute approximate surface area is 180 Å². The minimum atomic E-state index is -0.904. The molecule has 0 unspecified atom stereocenters. The molecule has 2 N–H and O–H groups in total. The topological polar surface area (TPSA) is 78.1 Å². The molecular weight excluding hydrogens is 424 g/mol. The minimum absolute atomic E-state index is 0.0831. The second-order valence-corrected chi connectivity index (χ2v) is 8.36. The van der Waals surface area contributed by atoms with Gasteiger partial charge in [0.1, 0.15) is 11.4 Å². The Morgan fingerprint density at radius 3 is 2.71 bits per heavy atom. The van der Waals surface area contributed by atoms with E-state index in [1.54, 1.807) is 10.7 Å². The van der Waals surface area contributed by atoms with Crippen LogP contribution in [0.1, 0.15) is 34.8 Å². The van der Waals surface area contributed by atoms with Crippen LogP contribution in [0.3, 0.4) is 0 Å². The zero-order chi connectivity index (χ0) is 21.7. The molecule has 6 nitrogen and oxygen atoms in total. The van der Waals surface area contributed by atoms with Gasteiger partial charge < -0.3 is 15.3 Å². The van der Waals surface area contributed by atoms with Crippen LogP contribution in [0.5, 0.6) is 5.75 Å². The number of pyridine rings is 1. The molecule has 3 aromatic rings. The lowest BCUT2D eigenvalue weighted by atomic mass is 9.93. The fraction of sp³-hybridized carbons (Fsp3) is 0.182. The number of rotatable bonds is 1. The van der Waals surface area contributed by atoms with E-state index in [9.17, 15) is 23.9 Å². The number of benzene rings is 2. The van der Waals surface area contributed by atoms with Crippen molar-refractivity contribution >= 4 is 17.5 Å². The summed E-state index contributed by atoms with van der Waals surface area (Å²) in [6.07, 6.45) is 1.74. The lowest BCUT2D eigenvalue weighted by Crippen LogP contribution is -2.47. The molecule has 3 heterocycles. The molecule has 0 saturated carbocycles. The monoisotopic (exact) mass is 441 g/mol. The average molecular weight is 441 g/mol.